The minimum absolute atomic E-state index is 0.0947. The topological polar surface area (TPSA) is 163 Å². The smallest absolute Gasteiger partial charge is 0.414 e. The van der Waals surface area contributed by atoms with Crippen molar-refractivity contribution in [3.8, 4) is 5.75 Å². The Balaban J connectivity index is 0.000000896. The van der Waals surface area contributed by atoms with Gasteiger partial charge in [-0.3, -0.25) is 0 Å². The zero-order valence-corrected chi connectivity index (χ0v) is 14.4. The second-order valence-corrected chi connectivity index (χ2v) is 5.10. The quantitative estimate of drug-likeness (QED) is 0.292. The summed E-state index contributed by atoms with van der Waals surface area (Å²) < 4.78 is 10.0. The molecule has 0 spiro atoms. The summed E-state index contributed by atoms with van der Waals surface area (Å²) in [6.07, 6.45) is -1.16. The summed E-state index contributed by atoms with van der Waals surface area (Å²) >= 11 is 0. The van der Waals surface area contributed by atoms with E-state index in [0.717, 1.165) is 0 Å². The number of carboxylic acids is 2. The zero-order valence-electron chi connectivity index (χ0n) is 14.4. The summed E-state index contributed by atoms with van der Waals surface area (Å²) in [5.74, 6) is -3.60. The first-order valence-electron chi connectivity index (χ1n) is 7.51. The molecule has 26 heavy (non-hydrogen) atoms. The van der Waals surface area contributed by atoms with Crippen molar-refractivity contribution in [2.24, 2.45) is 0 Å². The molecule has 1 aromatic carbocycles. The molecule has 0 bridgehead atoms. The van der Waals surface area contributed by atoms with Crippen LogP contribution in [-0.4, -0.2) is 77.3 Å². The molecule has 1 rings (SSSR count). The first-order valence-corrected chi connectivity index (χ1v) is 7.51. The molecule has 0 fully saturated rings. The highest BCUT2D eigenvalue weighted by Gasteiger charge is 2.09. The number of rotatable bonds is 8. The summed E-state index contributed by atoms with van der Waals surface area (Å²) in [7, 11) is 1.31. The molecule has 10 nitrogen and oxygen atoms in total. The average Bonchev–Trinajstić information content (AvgIpc) is 2.59. The Morgan fingerprint density at radius 1 is 1.12 bits per heavy atom. The molecule has 10 heteroatoms. The van der Waals surface area contributed by atoms with E-state index in [-0.39, 0.29) is 6.61 Å². The molecule has 0 saturated carbocycles. The number of hydrogen-bond acceptors (Lipinski definition) is 8. The number of aliphatic carboxylic acids is 2. The number of carbonyl (C=O) groups excluding carboxylic acids is 1. The molecule has 2 atom stereocenters. The summed E-state index contributed by atoms with van der Waals surface area (Å²) in [6.45, 7) is 2.49. The fraction of sp³-hybridized carbons (Fsp3) is 0.438. The third kappa shape index (κ3) is 11.0. The van der Waals surface area contributed by atoms with Gasteiger partial charge in [-0.25, -0.2) is 14.4 Å². The average molecular weight is 373 g/mol. The summed E-state index contributed by atoms with van der Waals surface area (Å²) in [5.41, 5.74) is 0.395. The molecule has 0 heterocycles. The molecule has 1 aromatic rings. The third-order valence-corrected chi connectivity index (χ3v) is 2.70. The zero-order chi connectivity index (χ0) is 20.1. The lowest BCUT2D eigenvalue weighted by molar-refractivity contribution is -0.159. The number of carboxylic acid groups (broad SMARTS) is 2. The van der Waals surface area contributed by atoms with E-state index in [2.05, 4.69) is 10.1 Å². The van der Waals surface area contributed by atoms with Crippen LogP contribution in [0.5, 0.6) is 5.75 Å². The van der Waals surface area contributed by atoms with Crippen molar-refractivity contribution in [3.05, 3.63) is 29.8 Å². The molecule has 146 valence electrons. The lowest BCUT2D eigenvalue weighted by Crippen LogP contribution is -2.35. The standard InChI is InChI=1S/C14H21NO5.C2H2O4/c1-10(16)7-15-8-12(17)9-20-13-5-3-4-11(6-13)14(18)19-2;3-1(4)2(5)6/h3-6,10,12,15-17H,7-9H2,1-2H3;(H,3,4)(H,5,6). The van der Waals surface area contributed by atoms with Crippen LogP contribution in [0.1, 0.15) is 17.3 Å². The molecule has 0 aliphatic carbocycles. The van der Waals surface area contributed by atoms with Crippen LogP contribution in [0, 0.1) is 0 Å². The largest absolute Gasteiger partial charge is 0.491 e. The molecular weight excluding hydrogens is 350 g/mol. The second-order valence-electron chi connectivity index (χ2n) is 5.10. The predicted molar refractivity (Wildman–Crippen MR) is 89.1 cm³/mol. The lowest BCUT2D eigenvalue weighted by Gasteiger charge is -2.14. The van der Waals surface area contributed by atoms with Crippen molar-refractivity contribution >= 4 is 17.9 Å². The summed E-state index contributed by atoms with van der Waals surface area (Å²) in [4.78, 5) is 29.5. The van der Waals surface area contributed by atoms with Crippen molar-refractivity contribution in [3.63, 3.8) is 0 Å². The maximum Gasteiger partial charge on any atom is 0.414 e. The van der Waals surface area contributed by atoms with E-state index in [1.165, 1.54) is 7.11 Å². The number of methoxy groups -OCH3 is 1. The molecule has 0 aliphatic rings. The van der Waals surface area contributed by atoms with Crippen molar-refractivity contribution < 1.29 is 44.3 Å². The SMILES string of the molecule is COC(=O)c1cccc(OCC(O)CNCC(C)O)c1.O=C(O)C(=O)O. The van der Waals surface area contributed by atoms with Crippen molar-refractivity contribution in [1.29, 1.82) is 0 Å². The van der Waals surface area contributed by atoms with Crippen LogP contribution in [0.2, 0.25) is 0 Å². The number of ether oxygens (including phenoxy) is 2. The summed E-state index contributed by atoms with van der Waals surface area (Å²) in [6, 6.07) is 6.56. The Hall–Kier alpha value is -2.69. The predicted octanol–water partition coefficient (Wildman–Crippen LogP) is -0.661. The first kappa shape index (κ1) is 23.3. The fourth-order valence-corrected chi connectivity index (χ4v) is 1.54. The first-order chi connectivity index (χ1) is 12.2. The van der Waals surface area contributed by atoms with Crippen molar-refractivity contribution in [1.82, 2.24) is 5.32 Å². The van der Waals surface area contributed by atoms with Crippen molar-refractivity contribution in [2.75, 3.05) is 26.8 Å². The molecule has 0 saturated heterocycles. The van der Waals surface area contributed by atoms with Gasteiger partial charge in [0.25, 0.3) is 0 Å². The normalized spacial score (nSPS) is 12.2. The van der Waals surface area contributed by atoms with Crippen LogP contribution in [0.15, 0.2) is 24.3 Å². The molecular formula is C16H23NO9. The van der Waals surface area contributed by atoms with Crippen LogP contribution >= 0.6 is 0 Å². The number of benzene rings is 1. The lowest BCUT2D eigenvalue weighted by atomic mass is 10.2. The third-order valence-electron chi connectivity index (χ3n) is 2.70. The van der Waals surface area contributed by atoms with Crippen LogP contribution in [0.3, 0.4) is 0 Å². The van der Waals surface area contributed by atoms with E-state index < -0.39 is 30.1 Å². The van der Waals surface area contributed by atoms with Gasteiger partial charge in [0, 0.05) is 13.1 Å². The Morgan fingerprint density at radius 2 is 1.73 bits per heavy atom. The molecule has 0 aromatic heterocycles. The molecule has 0 radical (unpaired) electrons. The highest BCUT2D eigenvalue weighted by Crippen LogP contribution is 2.14. The van der Waals surface area contributed by atoms with Crippen molar-refractivity contribution in [2.45, 2.75) is 19.1 Å². The maximum absolute atomic E-state index is 11.3. The van der Waals surface area contributed by atoms with Gasteiger partial charge in [-0.2, -0.15) is 0 Å². The molecule has 0 aliphatic heterocycles. The van der Waals surface area contributed by atoms with Crippen LogP contribution in [0.4, 0.5) is 0 Å². The van der Waals surface area contributed by atoms with E-state index in [0.29, 0.717) is 24.4 Å². The van der Waals surface area contributed by atoms with Crippen LogP contribution in [-0.2, 0) is 14.3 Å². The maximum atomic E-state index is 11.3. The van der Waals surface area contributed by atoms with Gasteiger partial charge in [-0.15, -0.1) is 0 Å². The van der Waals surface area contributed by atoms with Gasteiger partial charge in [-0.1, -0.05) is 6.07 Å². The van der Waals surface area contributed by atoms with E-state index in [4.69, 9.17) is 29.6 Å². The number of aliphatic hydroxyl groups excluding tert-OH is 2. The monoisotopic (exact) mass is 373 g/mol. The van der Waals surface area contributed by atoms with Gasteiger partial charge < -0.3 is 35.2 Å². The molecule has 2 unspecified atom stereocenters. The number of esters is 1. The number of aliphatic hydroxyl groups is 2. The highest BCUT2D eigenvalue weighted by atomic mass is 16.5. The van der Waals surface area contributed by atoms with E-state index in [1.807, 2.05) is 0 Å². The molecule has 0 amide bonds. The molecule has 5 N–H and O–H groups in total. The summed E-state index contributed by atoms with van der Waals surface area (Å²) in [5, 5.41) is 36.4. The van der Waals surface area contributed by atoms with E-state index in [1.54, 1.807) is 31.2 Å². The van der Waals surface area contributed by atoms with Gasteiger partial charge in [0.2, 0.25) is 0 Å². The Labute approximate surface area is 150 Å². The number of nitrogens with one attached hydrogen (secondary N) is 1. The Kier molecular flexibility index (Phi) is 11.3. The van der Waals surface area contributed by atoms with Gasteiger partial charge in [0.15, 0.2) is 0 Å². The van der Waals surface area contributed by atoms with Gasteiger partial charge in [0.05, 0.1) is 18.8 Å². The minimum Gasteiger partial charge on any atom is -0.491 e. The number of hydrogen-bond donors (Lipinski definition) is 5. The Morgan fingerprint density at radius 3 is 2.23 bits per heavy atom. The fourth-order valence-electron chi connectivity index (χ4n) is 1.54. The van der Waals surface area contributed by atoms with Gasteiger partial charge >= 0.3 is 17.9 Å². The minimum atomic E-state index is -1.82. The second kappa shape index (κ2) is 12.6. The Bertz CT molecular complexity index is 577. The van der Waals surface area contributed by atoms with Gasteiger partial charge in [0.1, 0.15) is 18.5 Å². The van der Waals surface area contributed by atoms with Crippen LogP contribution < -0.4 is 10.1 Å². The van der Waals surface area contributed by atoms with Gasteiger partial charge in [-0.05, 0) is 25.1 Å². The number of carbonyl (C=O) groups is 3. The van der Waals surface area contributed by atoms with E-state index in [9.17, 15) is 9.90 Å². The van der Waals surface area contributed by atoms with Crippen LogP contribution in [0.25, 0.3) is 0 Å². The van der Waals surface area contributed by atoms with E-state index >= 15 is 0 Å². The highest BCUT2D eigenvalue weighted by molar-refractivity contribution is 6.27.